The average Bonchev–Trinajstić information content (AvgIpc) is 2.36. The highest BCUT2D eigenvalue weighted by Crippen LogP contribution is 2.25. The molecule has 0 aliphatic rings. The van der Waals surface area contributed by atoms with Crippen molar-refractivity contribution >= 4 is 35.0 Å². The lowest BCUT2D eigenvalue weighted by atomic mass is 10.1. The van der Waals surface area contributed by atoms with Crippen molar-refractivity contribution in [2.75, 3.05) is 12.8 Å². The van der Waals surface area contributed by atoms with Crippen LogP contribution in [-0.2, 0) is 0 Å². The van der Waals surface area contributed by atoms with Gasteiger partial charge in [0.1, 0.15) is 5.02 Å². The molecule has 5 nitrogen and oxygen atoms in total. The zero-order chi connectivity index (χ0) is 14.6. The molecule has 0 aliphatic heterocycles. The van der Waals surface area contributed by atoms with Crippen LogP contribution in [0.2, 0.25) is 5.02 Å². The molecule has 1 amide bonds. The standard InChI is InChI=1S/C12H15ClN2O3S/c1-12(2,19-3)7-14-11(16)8-4-5-9(13)10(6-8)15(17)18/h4-6H,7H2,1-3H3,(H,14,16). The Morgan fingerprint density at radius 3 is 2.68 bits per heavy atom. The summed E-state index contributed by atoms with van der Waals surface area (Å²) in [6, 6.07) is 4.01. The molecule has 1 N–H and O–H groups in total. The van der Waals surface area contributed by atoms with Crippen molar-refractivity contribution in [1.29, 1.82) is 0 Å². The smallest absolute Gasteiger partial charge is 0.288 e. The Kier molecular flexibility index (Phi) is 5.20. The lowest BCUT2D eigenvalue weighted by molar-refractivity contribution is -0.384. The molecule has 0 aromatic heterocycles. The Labute approximate surface area is 120 Å². The first kappa shape index (κ1) is 15.8. The van der Waals surface area contributed by atoms with Gasteiger partial charge in [0.25, 0.3) is 11.6 Å². The molecule has 0 radical (unpaired) electrons. The van der Waals surface area contributed by atoms with Gasteiger partial charge in [-0.15, -0.1) is 0 Å². The first-order valence-corrected chi connectivity index (χ1v) is 7.14. The van der Waals surface area contributed by atoms with Crippen LogP contribution in [0.3, 0.4) is 0 Å². The zero-order valence-corrected chi connectivity index (χ0v) is 12.5. The van der Waals surface area contributed by atoms with Gasteiger partial charge in [0.2, 0.25) is 0 Å². The number of nitro groups is 1. The molecule has 1 aromatic carbocycles. The van der Waals surface area contributed by atoms with Gasteiger partial charge in [0.05, 0.1) is 4.92 Å². The van der Waals surface area contributed by atoms with Gasteiger partial charge in [-0.05, 0) is 32.2 Å². The summed E-state index contributed by atoms with van der Waals surface area (Å²) < 4.78 is -0.0893. The van der Waals surface area contributed by atoms with Gasteiger partial charge in [0.15, 0.2) is 0 Å². The molecular weight excluding hydrogens is 288 g/mol. The van der Waals surface area contributed by atoms with Crippen LogP contribution in [0.5, 0.6) is 0 Å². The van der Waals surface area contributed by atoms with Gasteiger partial charge >= 0.3 is 0 Å². The molecule has 0 heterocycles. The Morgan fingerprint density at radius 1 is 1.53 bits per heavy atom. The fourth-order valence-electron chi connectivity index (χ4n) is 1.26. The Bertz CT molecular complexity index is 506. The number of nitro benzene ring substituents is 1. The van der Waals surface area contributed by atoms with Gasteiger partial charge in [0, 0.05) is 22.9 Å². The van der Waals surface area contributed by atoms with Gasteiger partial charge in [-0.3, -0.25) is 14.9 Å². The predicted molar refractivity (Wildman–Crippen MR) is 78.0 cm³/mol. The summed E-state index contributed by atoms with van der Waals surface area (Å²) in [6.07, 6.45) is 1.96. The first-order chi connectivity index (χ1) is 8.76. The summed E-state index contributed by atoms with van der Waals surface area (Å²) in [5.74, 6) is -0.345. The minimum absolute atomic E-state index is 0.0194. The first-order valence-electron chi connectivity index (χ1n) is 5.54. The third-order valence-electron chi connectivity index (χ3n) is 2.63. The summed E-state index contributed by atoms with van der Waals surface area (Å²) in [7, 11) is 0. The second-order valence-electron chi connectivity index (χ2n) is 4.57. The Balaban J connectivity index is 2.84. The van der Waals surface area contributed by atoms with E-state index < -0.39 is 4.92 Å². The summed E-state index contributed by atoms with van der Waals surface area (Å²) in [5.41, 5.74) is -0.0357. The minimum Gasteiger partial charge on any atom is -0.351 e. The maximum atomic E-state index is 11.9. The van der Waals surface area contributed by atoms with Gasteiger partial charge < -0.3 is 5.32 Å². The lowest BCUT2D eigenvalue weighted by Gasteiger charge is -2.22. The highest BCUT2D eigenvalue weighted by atomic mass is 35.5. The molecular formula is C12H15ClN2O3S. The van der Waals surface area contributed by atoms with E-state index in [2.05, 4.69) is 5.32 Å². The van der Waals surface area contributed by atoms with Crippen LogP contribution in [0.15, 0.2) is 18.2 Å². The van der Waals surface area contributed by atoms with E-state index in [0.29, 0.717) is 6.54 Å². The number of halogens is 1. The molecule has 7 heteroatoms. The van der Waals surface area contributed by atoms with Crippen molar-refractivity contribution in [2.45, 2.75) is 18.6 Å². The minimum atomic E-state index is -0.606. The molecule has 0 atom stereocenters. The van der Waals surface area contributed by atoms with Crippen molar-refractivity contribution in [3.05, 3.63) is 38.9 Å². The number of benzene rings is 1. The van der Waals surface area contributed by atoms with Crippen LogP contribution in [0, 0.1) is 10.1 Å². The quantitative estimate of drug-likeness (QED) is 0.670. The highest BCUT2D eigenvalue weighted by molar-refractivity contribution is 7.99. The monoisotopic (exact) mass is 302 g/mol. The van der Waals surface area contributed by atoms with E-state index in [1.54, 1.807) is 11.8 Å². The number of rotatable bonds is 5. The van der Waals surface area contributed by atoms with E-state index in [0.717, 1.165) is 0 Å². The largest absolute Gasteiger partial charge is 0.351 e. The number of amides is 1. The molecule has 0 saturated heterocycles. The number of thioether (sulfide) groups is 1. The van der Waals surface area contributed by atoms with Crippen molar-refractivity contribution < 1.29 is 9.72 Å². The van der Waals surface area contributed by atoms with E-state index in [-0.39, 0.29) is 26.9 Å². The number of nitrogens with one attached hydrogen (secondary N) is 1. The normalized spacial score (nSPS) is 11.2. The van der Waals surface area contributed by atoms with Crippen LogP contribution >= 0.6 is 23.4 Å². The molecule has 1 rings (SSSR count). The third-order valence-corrected chi connectivity index (χ3v) is 4.20. The topological polar surface area (TPSA) is 72.2 Å². The van der Waals surface area contributed by atoms with E-state index >= 15 is 0 Å². The lowest BCUT2D eigenvalue weighted by Crippen LogP contribution is -2.36. The van der Waals surface area contributed by atoms with Crippen molar-refractivity contribution in [2.24, 2.45) is 0 Å². The number of hydrogen-bond acceptors (Lipinski definition) is 4. The summed E-state index contributed by atoms with van der Waals surface area (Å²) in [6.45, 7) is 4.48. The van der Waals surface area contributed by atoms with Gasteiger partial charge in [-0.25, -0.2) is 0 Å². The number of nitrogens with zero attached hydrogens (tertiary/aromatic N) is 1. The summed E-state index contributed by atoms with van der Waals surface area (Å²) in [4.78, 5) is 22.0. The fraction of sp³-hybridized carbons (Fsp3) is 0.417. The summed E-state index contributed by atoms with van der Waals surface area (Å²) >= 11 is 7.32. The second kappa shape index (κ2) is 6.25. The molecule has 1 aromatic rings. The second-order valence-corrected chi connectivity index (χ2v) is 6.49. The molecule has 0 unspecified atom stereocenters. The van der Waals surface area contributed by atoms with Crippen LogP contribution < -0.4 is 5.32 Å². The van der Waals surface area contributed by atoms with Crippen LogP contribution in [-0.4, -0.2) is 28.4 Å². The van der Waals surface area contributed by atoms with Crippen molar-refractivity contribution in [1.82, 2.24) is 5.32 Å². The van der Waals surface area contributed by atoms with Gasteiger partial charge in [-0.1, -0.05) is 11.6 Å². The average molecular weight is 303 g/mol. The van der Waals surface area contributed by atoms with Crippen molar-refractivity contribution in [3.63, 3.8) is 0 Å². The van der Waals surface area contributed by atoms with E-state index in [1.807, 2.05) is 20.1 Å². The predicted octanol–water partition coefficient (Wildman–Crippen LogP) is 3.12. The molecule has 0 aliphatic carbocycles. The summed E-state index contributed by atoms with van der Waals surface area (Å²) in [5, 5.41) is 13.5. The fourth-order valence-corrected chi connectivity index (χ4v) is 1.66. The molecule has 0 saturated carbocycles. The van der Waals surface area contributed by atoms with Crippen LogP contribution in [0.25, 0.3) is 0 Å². The number of carbonyl (C=O) groups excluding carboxylic acids is 1. The zero-order valence-electron chi connectivity index (χ0n) is 10.9. The maximum absolute atomic E-state index is 11.9. The Morgan fingerprint density at radius 2 is 2.16 bits per heavy atom. The molecule has 0 fully saturated rings. The third kappa shape index (κ3) is 4.40. The van der Waals surface area contributed by atoms with Crippen LogP contribution in [0.4, 0.5) is 5.69 Å². The molecule has 104 valence electrons. The molecule has 19 heavy (non-hydrogen) atoms. The molecule has 0 spiro atoms. The molecule has 0 bridgehead atoms. The van der Waals surface area contributed by atoms with Crippen LogP contribution in [0.1, 0.15) is 24.2 Å². The van der Waals surface area contributed by atoms with Gasteiger partial charge in [-0.2, -0.15) is 11.8 Å². The van der Waals surface area contributed by atoms with E-state index in [4.69, 9.17) is 11.6 Å². The van der Waals surface area contributed by atoms with E-state index in [9.17, 15) is 14.9 Å². The van der Waals surface area contributed by atoms with E-state index in [1.165, 1.54) is 18.2 Å². The number of hydrogen-bond donors (Lipinski definition) is 1. The SMILES string of the molecule is CSC(C)(C)CNC(=O)c1ccc(Cl)c([N+](=O)[O-])c1. The maximum Gasteiger partial charge on any atom is 0.288 e. The number of carbonyl (C=O) groups is 1. The highest BCUT2D eigenvalue weighted by Gasteiger charge is 2.19. The van der Waals surface area contributed by atoms with Crippen molar-refractivity contribution in [3.8, 4) is 0 Å². The Hall–Kier alpha value is -1.27.